The van der Waals surface area contributed by atoms with Gasteiger partial charge in [0.2, 0.25) is 0 Å². The van der Waals surface area contributed by atoms with Crippen molar-refractivity contribution >= 4 is 5.78 Å². The molecule has 2 aliphatic rings. The molecule has 0 aromatic carbocycles. The molecule has 0 radical (unpaired) electrons. The first-order valence-electron chi connectivity index (χ1n) is 7.73. The van der Waals surface area contributed by atoms with Crippen molar-refractivity contribution in [3.8, 4) is 0 Å². The molecule has 1 heterocycles. The Kier molecular flexibility index (Phi) is 4.99. The van der Waals surface area contributed by atoms with E-state index in [4.69, 9.17) is 0 Å². The average molecular weight is 249 g/mol. The van der Waals surface area contributed by atoms with E-state index in [-0.39, 0.29) is 5.41 Å². The summed E-state index contributed by atoms with van der Waals surface area (Å²) in [5.74, 6) is 0.480. The van der Waals surface area contributed by atoms with Crippen molar-refractivity contribution in [3.05, 3.63) is 11.6 Å². The summed E-state index contributed by atoms with van der Waals surface area (Å²) in [6, 6.07) is 0. The minimum Gasteiger partial charge on any atom is -0.317 e. The lowest BCUT2D eigenvalue weighted by Crippen LogP contribution is -2.42. The number of hydrogen-bond donors (Lipinski definition) is 1. The summed E-state index contributed by atoms with van der Waals surface area (Å²) in [5.41, 5.74) is 1.11. The van der Waals surface area contributed by atoms with Gasteiger partial charge in [0.05, 0.1) is 0 Å². The molecular weight excluding hydrogens is 222 g/mol. The van der Waals surface area contributed by atoms with E-state index in [9.17, 15) is 4.79 Å². The van der Waals surface area contributed by atoms with Gasteiger partial charge >= 0.3 is 0 Å². The molecule has 18 heavy (non-hydrogen) atoms. The molecule has 1 N–H and O–H groups in total. The van der Waals surface area contributed by atoms with E-state index in [2.05, 4.69) is 18.3 Å². The molecule has 0 aromatic rings. The molecule has 1 aliphatic heterocycles. The Hall–Kier alpha value is -0.630. The van der Waals surface area contributed by atoms with Gasteiger partial charge in [0.25, 0.3) is 0 Å². The lowest BCUT2D eigenvalue weighted by Gasteiger charge is -2.36. The summed E-state index contributed by atoms with van der Waals surface area (Å²) in [5, 5.41) is 3.38. The fraction of sp³-hybridized carbons (Fsp3) is 0.812. The Bertz CT molecular complexity index is 313. The van der Waals surface area contributed by atoms with Crippen LogP contribution in [0.5, 0.6) is 0 Å². The first-order valence-corrected chi connectivity index (χ1v) is 7.73. The first-order chi connectivity index (χ1) is 8.78. The van der Waals surface area contributed by atoms with Crippen LogP contribution in [0.15, 0.2) is 11.6 Å². The molecule has 0 bridgehead atoms. The molecule has 0 amide bonds. The van der Waals surface area contributed by atoms with E-state index in [0.717, 1.165) is 50.8 Å². The highest BCUT2D eigenvalue weighted by Crippen LogP contribution is 2.37. The largest absolute Gasteiger partial charge is 0.317 e. The minimum atomic E-state index is -0.0454. The molecule has 2 rings (SSSR count). The minimum absolute atomic E-state index is 0.0454. The van der Waals surface area contributed by atoms with Crippen LogP contribution in [0, 0.1) is 5.41 Å². The van der Waals surface area contributed by atoms with E-state index in [1.165, 1.54) is 25.7 Å². The Morgan fingerprint density at radius 3 is 2.67 bits per heavy atom. The van der Waals surface area contributed by atoms with E-state index in [1.54, 1.807) is 0 Å². The zero-order valence-corrected chi connectivity index (χ0v) is 11.8. The summed E-state index contributed by atoms with van der Waals surface area (Å²) in [6.07, 6.45) is 12.5. The maximum atomic E-state index is 12.9. The van der Waals surface area contributed by atoms with Crippen LogP contribution in [0.1, 0.15) is 64.7 Å². The summed E-state index contributed by atoms with van der Waals surface area (Å²) in [4.78, 5) is 12.9. The average Bonchev–Trinajstić information content (AvgIpc) is 2.38. The second-order valence-electron chi connectivity index (χ2n) is 5.90. The van der Waals surface area contributed by atoms with E-state index in [0.29, 0.717) is 5.78 Å². The maximum Gasteiger partial charge on any atom is 0.164 e. The highest BCUT2D eigenvalue weighted by atomic mass is 16.1. The van der Waals surface area contributed by atoms with Crippen LogP contribution >= 0.6 is 0 Å². The number of carbonyl (C=O) groups is 1. The second-order valence-corrected chi connectivity index (χ2v) is 5.90. The second kappa shape index (κ2) is 6.51. The SMILES string of the molecule is CCC1(C(=O)C2=CCCCCCC2)CCNCC1. The lowest BCUT2D eigenvalue weighted by molar-refractivity contribution is -0.126. The Balaban J connectivity index is 2.11. The number of nitrogens with one attached hydrogen (secondary N) is 1. The normalized spacial score (nSPS) is 24.8. The van der Waals surface area contributed by atoms with Crippen LogP contribution in [0.3, 0.4) is 0 Å². The molecule has 1 aliphatic carbocycles. The molecule has 1 fully saturated rings. The molecule has 2 heteroatoms. The summed E-state index contributed by atoms with van der Waals surface area (Å²) < 4.78 is 0. The molecule has 0 aromatic heterocycles. The molecule has 0 spiro atoms. The third-order valence-corrected chi connectivity index (χ3v) is 4.80. The van der Waals surface area contributed by atoms with Crippen LogP contribution in [-0.2, 0) is 4.79 Å². The molecular formula is C16H27NO. The van der Waals surface area contributed by atoms with Crippen LogP contribution < -0.4 is 5.32 Å². The summed E-state index contributed by atoms with van der Waals surface area (Å²) in [6.45, 7) is 4.20. The van der Waals surface area contributed by atoms with Crippen molar-refractivity contribution in [2.45, 2.75) is 64.7 Å². The Labute approximate surface area is 111 Å². The van der Waals surface area contributed by atoms with E-state index in [1.807, 2.05) is 0 Å². The lowest BCUT2D eigenvalue weighted by atomic mass is 9.70. The number of hydrogen-bond acceptors (Lipinski definition) is 2. The highest BCUT2D eigenvalue weighted by molar-refractivity contribution is 5.99. The monoisotopic (exact) mass is 249 g/mol. The summed E-state index contributed by atoms with van der Waals surface area (Å²) in [7, 11) is 0. The van der Waals surface area contributed by atoms with Gasteiger partial charge in [-0.1, -0.05) is 25.8 Å². The van der Waals surface area contributed by atoms with Crippen molar-refractivity contribution in [1.29, 1.82) is 0 Å². The van der Waals surface area contributed by atoms with Crippen molar-refractivity contribution in [2.75, 3.05) is 13.1 Å². The first kappa shape index (κ1) is 13.8. The van der Waals surface area contributed by atoms with Gasteiger partial charge in [0.1, 0.15) is 0 Å². The van der Waals surface area contributed by atoms with E-state index < -0.39 is 0 Å². The molecule has 102 valence electrons. The predicted octanol–water partition coefficient (Wildman–Crippen LogP) is 3.62. The van der Waals surface area contributed by atoms with Gasteiger partial charge in [-0.05, 0) is 63.6 Å². The third-order valence-electron chi connectivity index (χ3n) is 4.80. The molecule has 0 saturated carbocycles. The van der Waals surface area contributed by atoms with Crippen molar-refractivity contribution in [3.63, 3.8) is 0 Å². The standard InChI is InChI=1S/C16H27NO/c1-2-16(10-12-17-13-11-16)15(18)14-8-6-4-3-5-7-9-14/h8,17H,2-7,9-13H2,1H3. The zero-order valence-electron chi connectivity index (χ0n) is 11.8. The third kappa shape index (κ3) is 3.03. The van der Waals surface area contributed by atoms with Gasteiger partial charge < -0.3 is 5.32 Å². The van der Waals surface area contributed by atoms with Crippen molar-refractivity contribution < 1.29 is 4.79 Å². The van der Waals surface area contributed by atoms with Crippen LogP contribution in [0.4, 0.5) is 0 Å². The number of Topliss-reactive ketones (excluding diaryl/α,β-unsaturated/α-hetero) is 1. The number of allylic oxidation sites excluding steroid dienone is 2. The van der Waals surface area contributed by atoms with Gasteiger partial charge in [-0.15, -0.1) is 0 Å². The van der Waals surface area contributed by atoms with Crippen molar-refractivity contribution in [2.24, 2.45) is 5.41 Å². The van der Waals surface area contributed by atoms with Gasteiger partial charge in [-0.2, -0.15) is 0 Å². The maximum absolute atomic E-state index is 12.9. The smallest absolute Gasteiger partial charge is 0.164 e. The van der Waals surface area contributed by atoms with Crippen molar-refractivity contribution in [1.82, 2.24) is 5.32 Å². The predicted molar refractivity (Wildman–Crippen MR) is 75.6 cm³/mol. The highest BCUT2D eigenvalue weighted by Gasteiger charge is 2.38. The van der Waals surface area contributed by atoms with Crippen LogP contribution in [-0.4, -0.2) is 18.9 Å². The number of rotatable bonds is 3. The summed E-state index contributed by atoms with van der Waals surface area (Å²) >= 11 is 0. The fourth-order valence-electron chi connectivity index (χ4n) is 3.39. The Morgan fingerprint density at radius 2 is 1.94 bits per heavy atom. The molecule has 2 nitrogen and oxygen atoms in total. The molecule has 1 saturated heterocycles. The number of ketones is 1. The van der Waals surface area contributed by atoms with Gasteiger partial charge in [-0.3, -0.25) is 4.79 Å². The van der Waals surface area contributed by atoms with Crippen LogP contribution in [0.2, 0.25) is 0 Å². The van der Waals surface area contributed by atoms with Crippen LogP contribution in [0.25, 0.3) is 0 Å². The number of piperidine rings is 1. The van der Waals surface area contributed by atoms with Gasteiger partial charge in [0, 0.05) is 5.41 Å². The zero-order chi connectivity index (χ0) is 12.8. The topological polar surface area (TPSA) is 29.1 Å². The number of carbonyl (C=O) groups excluding carboxylic acids is 1. The molecule has 0 unspecified atom stereocenters. The van der Waals surface area contributed by atoms with Gasteiger partial charge in [-0.25, -0.2) is 0 Å². The van der Waals surface area contributed by atoms with Gasteiger partial charge in [0.15, 0.2) is 5.78 Å². The Morgan fingerprint density at radius 1 is 1.22 bits per heavy atom. The van der Waals surface area contributed by atoms with E-state index >= 15 is 0 Å². The quantitative estimate of drug-likeness (QED) is 0.827. The molecule has 0 atom stereocenters. The fourth-order valence-corrected chi connectivity index (χ4v) is 3.39.